The number of aryl methyl sites for hydroxylation is 1. The summed E-state index contributed by atoms with van der Waals surface area (Å²) in [6.07, 6.45) is -11.1. The van der Waals surface area contributed by atoms with Crippen molar-refractivity contribution in [2.24, 2.45) is 0 Å². The van der Waals surface area contributed by atoms with E-state index in [1.54, 1.807) is 20.8 Å². The summed E-state index contributed by atoms with van der Waals surface area (Å²) in [6.45, 7) is 6.54. The molecular weight excluding hydrogens is 675 g/mol. The Bertz CT molecular complexity index is 1510. The summed E-state index contributed by atoms with van der Waals surface area (Å²) >= 11 is 9.12. The van der Waals surface area contributed by atoms with Crippen molar-refractivity contribution in [3.63, 3.8) is 0 Å². The number of aliphatic hydroxyl groups excluding tert-OH is 1. The fourth-order valence-electron chi connectivity index (χ4n) is 5.04. The molecule has 238 valence electrons. The van der Waals surface area contributed by atoms with Crippen LogP contribution >= 0.6 is 27.5 Å². The number of aliphatic hydroxyl groups is 1. The molecule has 0 radical (unpaired) electrons. The number of carbonyl (C=O) groups is 1. The van der Waals surface area contributed by atoms with Gasteiger partial charge in [-0.1, -0.05) is 57.9 Å². The van der Waals surface area contributed by atoms with Gasteiger partial charge < -0.3 is 24.1 Å². The van der Waals surface area contributed by atoms with E-state index in [1.165, 1.54) is 6.92 Å². The highest BCUT2D eigenvalue weighted by atomic mass is 79.9. The summed E-state index contributed by atoms with van der Waals surface area (Å²) in [5.74, 6) is -0.0267. The van der Waals surface area contributed by atoms with Crippen molar-refractivity contribution >= 4 is 33.6 Å². The van der Waals surface area contributed by atoms with Gasteiger partial charge >= 0.3 is 12.3 Å². The predicted octanol–water partition coefficient (Wildman–Crippen LogP) is 5.32. The van der Waals surface area contributed by atoms with Crippen LogP contribution in [0.5, 0.6) is 0 Å². The Morgan fingerprint density at radius 3 is 2.55 bits per heavy atom. The van der Waals surface area contributed by atoms with Crippen molar-refractivity contribution in [3.05, 3.63) is 74.7 Å². The topological polar surface area (TPSA) is 129 Å². The monoisotopic (exact) mass is 703 g/mol. The van der Waals surface area contributed by atoms with Gasteiger partial charge in [0.2, 0.25) is 0 Å². The number of halogens is 5. The molecule has 4 unspecified atom stereocenters. The zero-order valence-corrected chi connectivity index (χ0v) is 26.3. The van der Waals surface area contributed by atoms with Gasteiger partial charge in [0.1, 0.15) is 35.8 Å². The second kappa shape index (κ2) is 12.5. The third-order valence-corrected chi connectivity index (χ3v) is 7.61. The van der Waals surface area contributed by atoms with Crippen molar-refractivity contribution in [1.82, 2.24) is 25.6 Å². The lowest BCUT2D eigenvalue weighted by Gasteiger charge is -2.48. The summed E-state index contributed by atoms with van der Waals surface area (Å²) in [4.78, 5) is 16.9. The minimum Gasteiger partial charge on any atom is -0.443 e. The molecule has 0 aliphatic carbocycles. The predicted molar refractivity (Wildman–Crippen MR) is 154 cm³/mol. The molecule has 5 rings (SSSR count). The number of ether oxygens (including phenoxy) is 4. The van der Waals surface area contributed by atoms with Crippen LogP contribution in [-0.2, 0) is 25.1 Å². The number of aromatic nitrogens is 3. The van der Waals surface area contributed by atoms with Gasteiger partial charge in [-0.3, -0.25) is 5.43 Å². The fourth-order valence-corrected chi connectivity index (χ4v) is 6.06. The van der Waals surface area contributed by atoms with Crippen molar-refractivity contribution in [1.29, 1.82) is 0 Å². The number of amides is 1. The molecule has 1 amide bonds. The third kappa shape index (κ3) is 7.03. The first-order chi connectivity index (χ1) is 20.6. The minimum absolute atomic E-state index is 0.00583. The molecule has 2 saturated heterocycles. The highest BCUT2D eigenvalue weighted by Gasteiger charge is 2.52. The van der Waals surface area contributed by atoms with Crippen LogP contribution in [0.1, 0.15) is 55.9 Å². The first-order valence-corrected chi connectivity index (χ1v) is 14.7. The number of hydrogen-bond acceptors (Lipinski definition) is 9. The molecule has 2 fully saturated rings. The summed E-state index contributed by atoms with van der Waals surface area (Å²) in [5.41, 5.74) is 3.64. The number of benzene rings is 2. The Kier molecular flexibility index (Phi) is 9.29. The second-order valence-electron chi connectivity index (χ2n) is 11.3. The molecule has 16 heteroatoms. The van der Waals surface area contributed by atoms with Gasteiger partial charge in [-0.15, -0.1) is 0 Å². The SMILES string of the molecule is Cc1nc([C@@H]2OC3COC(c4ccccc4)O[C@@H]3C(NNC(=O)OC(C)(C)C)C2O)n(-c2cc(Cl)cc(Br)c2C(F)(F)F)n1. The molecule has 2 aromatic carbocycles. The Morgan fingerprint density at radius 2 is 1.89 bits per heavy atom. The van der Waals surface area contributed by atoms with Crippen LogP contribution in [0.25, 0.3) is 5.69 Å². The molecule has 0 saturated carbocycles. The molecule has 6 atom stereocenters. The van der Waals surface area contributed by atoms with E-state index in [9.17, 15) is 23.1 Å². The molecule has 11 nitrogen and oxygen atoms in total. The van der Waals surface area contributed by atoms with Crippen molar-refractivity contribution in [2.45, 2.75) is 76.2 Å². The molecule has 3 heterocycles. The molecule has 44 heavy (non-hydrogen) atoms. The zero-order valence-electron chi connectivity index (χ0n) is 23.9. The zero-order chi connectivity index (χ0) is 32.0. The van der Waals surface area contributed by atoms with Crippen LogP contribution in [0, 0.1) is 6.92 Å². The maximum Gasteiger partial charge on any atom is 0.422 e. The number of nitrogens with zero attached hydrogens (tertiary/aromatic N) is 3. The largest absolute Gasteiger partial charge is 0.443 e. The normalized spacial score (nSPS) is 25.8. The number of rotatable bonds is 5. The lowest BCUT2D eigenvalue weighted by molar-refractivity contribution is -0.313. The summed E-state index contributed by atoms with van der Waals surface area (Å²) < 4.78 is 67.0. The first kappa shape index (κ1) is 32.6. The summed E-state index contributed by atoms with van der Waals surface area (Å²) in [7, 11) is 0. The highest BCUT2D eigenvalue weighted by molar-refractivity contribution is 9.10. The molecule has 2 aliphatic rings. The van der Waals surface area contributed by atoms with Crippen LogP contribution < -0.4 is 10.9 Å². The van der Waals surface area contributed by atoms with Crippen LogP contribution in [0.15, 0.2) is 46.9 Å². The van der Waals surface area contributed by atoms with Crippen LogP contribution in [0.2, 0.25) is 5.02 Å². The molecule has 0 spiro atoms. The van der Waals surface area contributed by atoms with Crippen molar-refractivity contribution in [3.8, 4) is 5.69 Å². The van der Waals surface area contributed by atoms with Gasteiger partial charge in [-0.05, 0) is 39.8 Å². The Labute approximate surface area is 264 Å². The van der Waals surface area contributed by atoms with Gasteiger partial charge in [0.05, 0.1) is 23.9 Å². The van der Waals surface area contributed by atoms with E-state index in [0.29, 0.717) is 5.56 Å². The quantitative estimate of drug-likeness (QED) is 0.302. The smallest absolute Gasteiger partial charge is 0.422 e. The lowest BCUT2D eigenvalue weighted by Crippen LogP contribution is -2.66. The van der Waals surface area contributed by atoms with Gasteiger partial charge in [-0.25, -0.2) is 19.9 Å². The average molecular weight is 705 g/mol. The molecule has 0 bridgehead atoms. The fraction of sp³-hybridized carbons (Fsp3) is 0.464. The van der Waals surface area contributed by atoms with Crippen molar-refractivity contribution < 1.29 is 42.0 Å². The van der Waals surface area contributed by atoms with E-state index in [4.69, 9.17) is 30.5 Å². The van der Waals surface area contributed by atoms with Gasteiger partial charge in [0.15, 0.2) is 12.1 Å². The van der Waals surface area contributed by atoms with Crippen molar-refractivity contribution in [2.75, 3.05) is 6.61 Å². The molecular formula is C28H30BrClF3N5O6. The number of alkyl halides is 3. The maximum absolute atomic E-state index is 14.2. The van der Waals surface area contributed by atoms with Gasteiger partial charge in [0, 0.05) is 15.1 Å². The third-order valence-electron chi connectivity index (χ3n) is 6.76. The van der Waals surface area contributed by atoms with E-state index < -0.39 is 65.9 Å². The summed E-state index contributed by atoms with van der Waals surface area (Å²) in [5, 5.41) is 15.9. The van der Waals surface area contributed by atoms with Crippen LogP contribution in [-0.4, -0.2) is 62.5 Å². The van der Waals surface area contributed by atoms with Crippen LogP contribution in [0.4, 0.5) is 18.0 Å². The minimum atomic E-state index is -4.80. The summed E-state index contributed by atoms with van der Waals surface area (Å²) in [6, 6.07) is 10.2. The number of fused-ring (bicyclic) bond motifs is 1. The number of carbonyl (C=O) groups excluding carboxylic acids is 1. The lowest BCUT2D eigenvalue weighted by atomic mass is 9.91. The number of hydrogen-bond donors (Lipinski definition) is 3. The van der Waals surface area contributed by atoms with Gasteiger partial charge in [0.25, 0.3) is 0 Å². The Hall–Kier alpha value is -2.79. The Balaban J connectivity index is 1.52. The number of nitrogens with one attached hydrogen (secondary N) is 2. The van der Waals surface area contributed by atoms with E-state index in [0.717, 1.165) is 16.8 Å². The van der Waals surface area contributed by atoms with E-state index in [1.807, 2.05) is 30.3 Å². The Morgan fingerprint density at radius 1 is 1.18 bits per heavy atom. The molecule has 2 aliphatic heterocycles. The molecule has 1 aromatic heterocycles. The van der Waals surface area contributed by atoms with E-state index >= 15 is 0 Å². The van der Waals surface area contributed by atoms with E-state index in [-0.39, 0.29) is 27.8 Å². The van der Waals surface area contributed by atoms with E-state index in [2.05, 4.69) is 36.9 Å². The molecule has 3 N–H and O–H groups in total. The van der Waals surface area contributed by atoms with Gasteiger partial charge in [-0.2, -0.15) is 18.3 Å². The second-order valence-corrected chi connectivity index (χ2v) is 12.6. The number of hydrazine groups is 1. The maximum atomic E-state index is 14.2. The standard InChI is InChI=1S/C28H30BrClF3N5O6/c1-13-34-24(38(37-13)17-11-15(30)10-16(29)19(17)28(31,32)33)23-21(39)20(35-36-26(40)44-27(2,3)4)22-18(42-23)12-41-25(43-22)14-8-6-5-7-9-14/h5-11,18,20-23,25,35,39H,12H2,1-4H3,(H,36,40)/t18?,20?,21?,22-,23+,25?/m0/s1. The highest BCUT2D eigenvalue weighted by Crippen LogP contribution is 2.43. The van der Waals surface area contributed by atoms with Crippen LogP contribution in [0.3, 0.4) is 0 Å². The first-order valence-electron chi connectivity index (χ1n) is 13.5. The molecule has 3 aromatic rings. The average Bonchev–Trinajstić information content (AvgIpc) is 3.31.